The van der Waals surface area contributed by atoms with Crippen LogP contribution in [0.5, 0.6) is 0 Å². The van der Waals surface area contributed by atoms with Crippen LogP contribution in [0.15, 0.2) is 55.4 Å². The zero-order valence-electron chi connectivity index (χ0n) is 9.48. The Bertz CT molecular complexity index is 584. The zero-order valence-corrected chi connectivity index (χ0v) is 13.5. The van der Waals surface area contributed by atoms with Crippen molar-refractivity contribution in [3.8, 4) is 0 Å². The maximum atomic E-state index is 11.3. The van der Waals surface area contributed by atoms with Gasteiger partial charge in [0.25, 0.3) is 0 Å². The number of benzene rings is 1. The largest absolute Gasteiger partial charge is 0.294 e. The molecule has 0 N–H and O–H groups in total. The third-order valence-corrected chi connectivity index (χ3v) is 4.31. The lowest BCUT2D eigenvalue weighted by molar-refractivity contribution is 0.101. The molecular weight excluding hydrogens is 378 g/mol. The molecule has 0 unspecified atom stereocenters. The summed E-state index contributed by atoms with van der Waals surface area (Å²) in [6.07, 6.45) is 1.77. The van der Waals surface area contributed by atoms with Gasteiger partial charge < -0.3 is 0 Å². The van der Waals surface area contributed by atoms with Crippen LogP contribution in [0, 0.1) is 0 Å². The van der Waals surface area contributed by atoms with Gasteiger partial charge >= 0.3 is 0 Å². The van der Waals surface area contributed by atoms with Crippen LogP contribution in [0.1, 0.15) is 17.3 Å². The summed E-state index contributed by atoms with van der Waals surface area (Å²) in [5.41, 5.74) is 0.697. The lowest BCUT2D eigenvalue weighted by atomic mass is 10.2. The van der Waals surface area contributed by atoms with Crippen LogP contribution in [0.25, 0.3) is 0 Å². The summed E-state index contributed by atoms with van der Waals surface area (Å²) in [5.74, 6) is 0.0557. The van der Waals surface area contributed by atoms with Crippen LogP contribution in [0.2, 0.25) is 0 Å². The Kier molecular flexibility index (Phi) is 4.59. The average Bonchev–Trinajstić information content (AvgIpc) is 2.32. The molecule has 5 heteroatoms. The van der Waals surface area contributed by atoms with E-state index >= 15 is 0 Å². The Morgan fingerprint density at radius 2 is 2.00 bits per heavy atom. The highest BCUT2D eigenvalue weighted by Gasteiger charge is 2.07. The first-order valence-electron chi connectivity index (χ1n) is 5.16. The summed E-state index contributed by atoms with van der Waals surface area (Å²) in [6, 6.07) is 9.59. The van der Waals surface area contributed by atoms with Crippen LogP contribution < -0.4 is 0 Å². The fraction of sp³-hybridized carbons (Fsp3) is 0.0769. The molecule has 0 amide bonds. The molecule has 92 valence electrons. The van der Waals surface area contributed by atoms with Crippen LogP contribution >= 0.6 is 43.6 Å². The second-order valence-electron chi connectivity index (χ2n) is 3.61. The first-order chi connectivity index (χ1) is 8.56. The van der Waals surface area contributed by atoms with E-state index in [9.17, 15) is 4.79 Å². The first kappa shape index (κ1) is 13.8. The minimum Gasteiger partial charge on any atom is -0.294 e. The molecule has 0 fully saturated rings. The third kappa shape index (κ3) is 3.43. The topological polar surface area (TPSA) is 30.0 Å². The van der Waals surface area contributed by atoms with Gasteiger partial charge in [0.05, 0.1) is 0 Å². The van der Waals surface area contributed by atoms with E-state index in [2.05, 4.69) is 36.8 Å². The molecule has 2 nitrogen and oxygen atoms in total. The van der Waals surface area contributed by atoms with Crippen LogP contribution in [-0.4, -0.2) is 10.8 Å². The maximum Gasteiger partial charge on any atom is 0.160 e. The quantitative estimate of drug-likeness (QED) is 0.698. The second-order valence-corrected chi connectivity index (χ2v) is 6.48. The van der Waals surface area contributed by atoms with Gasteiger partial charge in [-0.15, -0.1) is 0 Å². The van der Waals surface area contributed by atoms with Gasteiger partial charge in [-0.3, -0.25) is 4.79 Å². The smallest absolute Gasteiger partial charge is 0.160 e. The Balaban J connectivity index is 2.22. The molecule has 2 aromatic rings. The van der Waals surface area contributed by atoms with Gasteiger partial charge in [0.1, 0.15) is 5.03 Å². The minimum atomic E-state index is 0.0557. The lowest BCUT2D eigenvalue weighted by Gasteiger charge is -2.04. The Morgan fingerprint density at radius 3 is 2.56 bits per heavy atom. The molecule has 1 aromatic heterocycles. The number of hydrogen-bond acceptors (Lipinski definition) is 3. The number of aromatic nitrogens is 1. The van der Waals surface area contributed by atoms with Gasteiger partial charge in [-0.25, -0.2) is 4.98 Å². The predicted octanol–water partition coefficient (Wildman–Crippen LogP) is 4.96. The molecule has 18 heavy (non-hydrogen) atoms. The summed E-state index contributed by atoms with van der Waals surface area (Å²) in [6.45, 7) is 1.56. The monoisotopic (exact) mass is 385 g/mol. The molecule has 0 saturated carbocycles. The number of hydrogen-bond donors (Lipinski definition) is 0. The number of nitrogens with zero attached hydrogens (tertiary/aromatic N) is 1. The van der Waals surface area contributed by atoms with E-state index in [0.717, 1.165) is 18.9 Å². The predicted molar refractivity (Wildman–Crippen MR) is 80.2 cm³/mol. The summed E-state index contributed by atoms with van der Waals surface area (Å²) in [7, 11) is 0. The fourth-order valence-corrected chi connectivity index (χ4v) is 3.23. The van der Waals surface area contributed by atoms with E-state index in [0.29, 0.717) is 5.56 Å². The van der Waals surface area contributed by atoms with Gasteiger partial charge in [0.2, 0.25) is 0 Å². The molecule has 0 spiro atoms. The highest BCUT2D eigenvalue weighted by molar-refractivity contribution is 9.10. The van der Waals surface area contributed by atoms with Gasteiger partial charge in [-0.05, 0) is 53.2 Å². The SMILES string of the molecule is CC(=O)c1ccc(Sc2ccc(Br)cn2)cc1Br. The lowest BCUT2D eigenvalue weighted by Crippen LogP contribution is -1.93. The van der Waals surface area contributed by atoms with Crippen molar-refractivity contribution >= 4 is 49.4 Å². The third-order valence-electron chi connectivity index (χ3n) is 2.24. The van der Waals surface area contributed by atoms with Gasteiger partial charge in [0, 0.05) is 25.6 Å². The fourth-order valence-electron chi connectivity index (χ4n) is 1.39. The van der Waals surface area contributed by atoms with Crippen molar-refractivity contribution in [2.24, 2.45) is 0 Å². The van der Waals surface area contributed by atoms with E-state index < -0.39 is 0 Å². The van der Waals surface area contributed by atoms with Crippen molar-refractivity contribution < 1.29 is 4.79 Å². The molecule has 0 aliphatic rings. The molecule has 1 aromatic carbocycles. The number of carbonyl (C=O) groups excluding carboxylic acids is 1. The van der Waals surface area contributed by atoms with Crippen molar-refractivity contribution in [2.45, 2.75) is 16.8 Å². The van der Waals surface area contributed by atoms with Crippen LogP contribution in [-0.2, 0) is 0 Å². The molecule has 0 aliphatic heterocycles. The van der Waals surface area contributed by atoms with Gasteiger partial charge in [0.15, 0.2) is 5.78 Å². The number of pyridine rings is 1. The van der Waals surface area contributed by atoms with Crippen LogP contribution in [0.4, 0.5) is 0 Å². The maximum absolute atomic E-state index is 11.3. The first-order valence-corrected chi connectivity index (χ1v) is 7.56. The summed E-state index contributed by atoms with van der Waals surface area (Å²) in [5, 5.41) is 0.917. The average molecular weight is 387 g/mol. The molecule has 0 bridgehead atoms. The summed E-state index contributed by atoms with van der Waals surface area (Å²) in [4.78, 5) is 16.7. The number of Topliss-reactive ketones (excluding diaryl/α,β-unsaturated/α-hetero) is 1. The number of ketones is 1. The van der Waals surface area contributed by atoms with Crippen LogP contribution in [0.3, 0.4) is 0 Å². The highest BCUT2D eigenvalue weighted by Crippen LogP contribution is 2.30. The van der Waals surface area contributed by atoms with Gasteiger partial charge in [-0.2, -0.15) is 0 Å². The van der Waals surface area contributed by atoms with Crippen molar-refractivity contribution in [3.05, 3.63) is 51.0 Å². The van der Waals surface area contributed by atoms with E-state index in [4.69, 9.17) is 0 Å². The number of rotatable bonds is 3. The molecule has 2 rings (SSSR count). The van der Waals surface area contributed by atoms with E-state index in [1.54, 1.807) is 24.9 Å². The standard InChI is InChI=1S/C13H9Br2NOS/c1-8(17)11-4-3-10(6-12(11)15)18-13-5-2-9(14)7-16-13/h2-7H,1H3. The molecule has 0 saturated heterocycles. The Labute approximate surface area is 126 Å². The molecule has 0 radical (unpaired) electrons. The summed E-state index contributed by atoms with van der Waals surface area (Å²) < 4.78 is 1.78. The van der Waals surface area contributed by atoms with Crippen molar-refractivity contribution in [1.82, 2.24) is 4.98 Å². The minimum absolute atomic E-state index is 0.0557. The van der Waals surface area contributed by atoms with E-state index in [1.807, 2.05) is 30.3 Å². The van der Waals surface area contributed by atoms with Crippen molar-refractivity contribution in [2.75, 3.05) is 0 Å². The Hall–Kier alpha value is -0.650. The van der Waals surface area contributed by atoms with E-state index in [1.165, 1.54) is 0 Å². The van der Waals surface area contributed by atoms with Gasteiger partial charge in [-0.1, -0.05) is 27.7 Å². The molecule has 1 heterocycles. The normalized spacial score (nSPS) is 10.4. The molecular formula is C13H9Br2NOS. The van der Waals surface area contributed by atoms with E-state index in [-0.39, 0.29) is 5.78 Å². The summed E-state index contributed by atoms with van der Waals surface area (Å²) >= 11 is 8.32. The zero-order chi connectivity index (χ0) is 13.1. The number of halogens is 2. The number of carbonyl (C=O) groups is 1. The van der Waals surface area contributed by atoms with Crippen molar-refractivity contribution in [3.63, 3.8) is 0 Å². The highest BCUT2D eigenvalue weighted by atomic mass is 79.9. The second kappa shape index (κ2) is 5.99. The Morgan fingerprint density at radius 1 is 1.22 bits per heavy atom. The molecule has 0 aliphatic carbocycles. The molecule has 0 atom stereocenters. The van der Waals surface area contributed by atoms with Crippen molar-refractivity contribution in [1.29, 1.82) is 0 Å².